The third-order valence-corrected chi connectivity index (χ3v) is 2.30. The van der Waals surface area contributed by atoms with Crippen molar-refractivity contribution in [2.24, 2.45) is 5.92 Å². The largest absolute Gasteiger partial charge is 0.469 e. The average molecular weight is 269 g/mol. The molecule has 0 radical (unpaired) electrons. The number of rotatable bonds is 6. The lowest BCUT2D eigenvalue weighted by Gasteiger charge is -2.25. The minimum absolute atomic E-state index is 0.374. The highest BCUT2D eigenvalue weighted by Gasteiger charge is 2.28. The number of esters is 1. The van der Waals surface area contributed by atoms with E-state index in [1.54, 1.807) is 26.8 Å². The fraction of sp³-hybridized carbons (Fsp3) is 0.571. The minimum Gasteiger partial charge on any atom is -0.469 e. The first kappa shape index (κ1) is 17.2. The predicted octanol–water partition coefficient (Wildman–Crippen LogP) is 2.43. The van der Waals surface area contributed by atoms with Crippen LogP contribution in [0.15, 0.2) is 25.3 Å². The summed E-state index contributed by atoms with van der Waals surface area (Å²) in [5, 5.41) is 2.60. The van der Waals surface area contributed by atoms with Crippen LogP contribution in [-0.2, 0) is 14.3 Å². The Labute approximate surface area is 114 Å². The molecule has 0 heterocycles. The van der Waals surface area contributed by atoms with Gasteiger partial charge in [-0.1, -0.05) is 12.2 Å². The summed E-state index contributed by atoms with van der Waals surface area (Å²) in [6.07, 6.45) is 2.85. The van der Waals surface area contributed by atoms with E-state index in [1.165, 1.54) is 13.2 Å². The van der Waals surface area contributed by atoms with E-state index in [2.05, 4.69) is 18.5 Å². The molecular formula is C14H23NO4. The van der Waals surface area contributed by atoms with Crippen molar-refractivity contribution in [1.82, 2.24) is 5.32 Å². The molecule has 0 fully saturated rings. The summed E-state index contributed by atoms with van der Waals surface area (Å²) in [6.45, 7) is 12.5. The van der Waals surface area contributed by atoms with Crippen LogP contribution in [0.3, 0.4) is 0 Å². The van der Waals surface area contributed by atoms with Crippen LogP contribution >= 0.6 is 0 Å². The van der Waals surface area contributed by atoms with Gasteiger partial charge in [0.25, 0.3) is 0 Å². The molecule has 0 saturated heterocycles. The number of hydrogen-bond acceptors (Lipinski definition) is 4. The van der Waals surface area contributed by atoms with Gasteiger partial charge in [0.15, 0.2) is 0 Å². The van der Waals surface area contributed by atoms with Gasteiger partial charge < -0.3 is 14.8 Å². The lowest BCUT2D eigenvalue weighted by Crippen LogP contribution is -2.44. The Morgan fingerprint density at radius 1 is 1.32 bits per heavy atom. The van der Waals surface area contributed by atoms with Gasteiger partial charge in [-0.25, -0.2) is 4.79 Å². The Hall–Kier alpha value is -1.78. The predicted molar refractivity (Wildman–Crippen MR) is 73.7 cm³/mol. The molecule has 0 bridgehead atoms. The van der Waals surface area contributed by atoms with E-state index in [4.69, 9.17) is 9.47 Å². The van der Waals surface area contributed by atoms with Crippen molar-refractivity contribution in [3.63, 3.8) is 0 Å². The molecule has 0 saturated carbocycles. The third-order valence-electron chi connectivity index (χ3n) is 2.30. The summed E-state index contributed by atoms with van der Waals surface area (Å²) in [5.41, 5.74) is -0.602. The molecule has 0 rings (SSSR count). The van der Waals surface area contributed by atoms with Crippen LogP contribution in [-0.4, -0.2) is 30.8 Å². The van der Waals surface area contributed by atoms with Gasteiger partial charge in [-0.15, -0.1) is 13.2 Å². The first-order chi connectivity index (χ1) is 8.75. The van der Waals surface area contributed by atoms with Crippen molar-refractivity contribution in [3.8, 4) is 0 Å². The highest BCUT2D eigenvalue weighted by atomic mass is 16.6. The Bertz CT molecular complexity index is 344. The zero-order chi connectivity index (χ0) is 15.1. The molecule has 5 heteroatoms. The molecule has 0 aromatic heterocycles. The zero-order valence-corrected chi connectivity index (χ0v) is 12.1. The van der Waals surface area contributed by atoms with Gasteiger partial charge in [0, 0.05) is 0 Å². The van der Waals surface area contributed by atoms with Crippen molar-refractivity contribution in [3.05, 3.63) is 25.3 Å². The van der Waals surface area contributed by atoms with E-state index in [0.29, 0.717) is 6.42 Å². The fourth-order valence-electron chi connectivity index (χ4n) is 1.49. The molecule has 0 unspecified atom stereocenters. The van der Waals surface area contributed by atoms with Gasteiger partial charge >= 0.3 is 12.1 Å². The standard InChI is InChI=1S/C14H23NO4/c1-7-9-10(12(16)18-6)11(8-2)15-13(17)19-14(3,4)5/h7-8,10-11H,1-2,9H2,3-6H3,(H,15,17)/t10-,11-/m0/s1. The second kappa shape index (κ2) is 7.61. The summed E-state index contributed by atoms with van der Waals surface area (Å²) >= 11 is 0. The maximum absolute atomic E-state index is 11.7. The van der Waals surface area contributed by atoms with Crippen LogP contribution in [0.5, 0.6) is 0 Å². The summed E-state index contributed by atoms with van der Waals surface area (Å²) in [4.78, 5) is 23.3. The number of ether oxygens (including phenoxy) is 2. The van der Waals surface area contributed by atoms with Crippen molar-refractivity contribution in [1.29, 1.82) is 0 Å². The van der Waals surface area contributed by atoms with Crippen molar-refractivity contribution in [2.45, 2.75) is 38.8 Å². The highest BCUT2D eigenvalue weighted by Crippen LogP contribution is 2.14. The molecule has 0 aliphatic heterocycles. The quantitative estimate of drug-likeness (QED) is 0.594. The maximum Gasteiger partial charge on any atom is 0.408 e. The first-order valence-corrected chi connectivity index (χ1v) is 6.06. The van der Waals surface area contributed by atoms with Crippen molar-refractivity contribution >= 4 is 12.1 Å². The summed E-state index contributed by atoms with van der Waals surface area (Å²) < 4.78 is 9.84. The van der Waals surface area contributed by atoms with E-state index >= 15 is 0 Å². The van der Waals surface area contributed by atoms with Gasteiger partial charge in [-0.05, 0) is 27.2 Å². The van der Waals surface area contributed by atoms with E-state index in [1.807, 2.05) is 0 Å². The molecular weight excluding hydrogens is 246 g/mol. The number of carbonyl (C=O) groups excluding carboxylic acids is 2. The van der Waals surface area contributed by atoms with Gasteiger partial charge in [-0.3, -0.25) is 4.79 Å². The van der Waals surface area contributed by atoms with Gasteiger partial charge in [0.05, 0.1) is 19.1 Å². The molecule has 0 aromatic carbocycles. The Morgan fingerprint density at radius 3 is 2.26 bits per heavy atom. The van der Waals surface area contributed by atoms with Crippen LogP contribution < -0.4 is 5.32 Å². The van der Waals surface area contributed by atoms with E-state index < -0.39 is 29.6 Å². The maximum atomic E-state index is 11.7. The molecule has 5 nitrogen and oxygen atoms in total. The summed E-state index contributed by atoms with van der Waals surface area (Å²) in [6, 6.07) is -0.569. The molecule has 0 aliphatic rings. The molecule has 1 N–H and O–H groups in total. The van der Waals surface area contributed by atoms with Crippen LogP contribution in [0.1, 0.15) is 27.2 Å². The molecule has 0 aromatic rings. The molecule has 19 heavy (non-hydrogen) atoms. The highest BCUT2D eigenvalue weighted by molar-refractivity contribution is 5.76. The molecule has 0 spiro atoms. The molecule has 0 aliphatic carbocycles. The van der Waals surface area contributed by atoms with Crippen molar-refractivity contribution < 1.29 is 19.1 Å². The summed E-state index contributed by atoms with van der Waals surface area (Å²) in [7, 11) is 1.30. The van der Waals surface area contributed by atoms with Crippen LogP contribution in [0.25, 0.3) is 0 Å². The molecule has 108 valence electrons. The van der Waals surface area contributed by atoms with E-state index in [-0.39, 0.29) is 0 Å². The van der Waals surface area contributed by atoms with Crippen LogP contribution in [0, 0.1) is 5.92 Å². The monoisotopic (exact) mass is 269 g/mol. The second-order valence-electron chi connectivity index (χ2n) is 5.06. The minimum atomic E-state index is -0.602. The zero-order valence-electron chi connectivity index (χ0n) is 12.1. The number of methoxy groups -OCH3 is 1. The number of carbonyl (C=O) groups is 2. The first-order valence-electron chi connectivity index (χ1n) is 6.06. The van der Waals surface area contributed by atoms with E-state index in [9.17, 15) is 9.59 Å². The average Bonchev–Trinajstić information content (AvgIpc) is 2.30. The number of alkyl carbamates (subject to hydrolysis) is 1. The smallest absolute Gasteiger partial charge is 0.408 e. The lowest BCUT2D eigenvalue weighted by molar-refractivity contribution is -0.145. The summed E-state index contributed by atoms with van der Waals surface area (Å²) in [5.74, 6) is -0.992. The number of allylic oxidation sites excluding steroid dienone is 1. The lowest BCUT2D eigenvalue weighted by atomic mass is 9.96. The Balaban J connectivity index is 4.78. The number of amides is 1. The molecule has 2 atom stereocenters. The second-order valence-corrected chi connectivity index (χ2v) is 5.06. The van der Waals surface area contributed by atoms with E-state index in [0.717, 1.165) is 0 Å². The van der Waals surface area contributed by atoms with Crippen molar-refractivity contribution in [2.75, 3.05) is 7.11 Å². The fourth-order valence-corrected chi connectivity index (χ4v) is 1.49. The van der Waals surface area contributed by atoms with Gasteiger partial charge in [-0.2, -0.15) is 0 Å². The number of hydrogen-bond donors (Lipinski definition) is 1. The third kappa shape index (κ3) is 6.64. The molecule has 1 amide bonds. The van der Waals surface area contributed by atoms with Crippen LogP contribution in [0.4, 0.5) is 4.79 Å². The normalized spacial score (nSPS) is 13.9. The number of nitrogens with one attached hydrogen (secondary N) is 1. The Kier molecular flexibility index (Phi) is 6.90. The van der Waals surface area contributed by atoms with Crippen LogP contribution in [0.2, 0.25) is 0 Å². The van der Waals surface area contributed by atoms with Gasteiger partial charge in [0.2, 0.25) is 0 Å². The SMILES string of the molecule is C=CC[C@H](C(=O)OC)[C@H](C=C)NC(=O)OC(C)(C)C. The topological polar surface area (TPSA) is 64.6 Å². The Morgan fingerprint density at radius 2 is 1.89 bits per heavy atom. The van der Waals surface area contributed by atoms with Gasteiger partial charge in [0.1, 0.15) is 5.60 Å².